The van der Waals surface area contributed by atoms with Gasteiger partial charge in [0, 0.05) is 36.7 Å². The van der Waals surface area contributed by atoms with Gasteiger partial charge in [-0.1, -0.05) is 0 Å². The number of hydrogen-bond acceptors (Lipinski definition) is 5. The summed E-state index contributed by atoms with van der Waals surface area (Å²) in [6.07, 6.45) is 1.65. The van der Waals surface area contributed by atoms with E-state index in [1.807, 2.05) is 0 Å². The van der Waals surface area contributed by atoms with Gasteiger partial charge in [-0.05, 0) is 31.0 Å². The van der Waals surface area contributed by atoms with Gasteiger partial charge in [-0.2, -0.15) is 0 Å². The summed E-state index contributed by atoms with van der Waals surface area (Å²) in [5.74, 6) is 0.449. The molecule has 0 bridgehead atoms. The van der Waals surface area contributed by atoms with E-state index in [2.05, 4.69) is 0 Å². The molecule has 0 radical (unpaired) electrons. The van der Waals surface area contributed by atoms with Gasteiger partial charge in [-0.3, -0.25) is 4.79 Å². The minimum Gasteiger partial charge on any atom is -0.484 e. The number of amides is 1. The summed E-state index contributed by atoms with van der Waals surface area (Å²) in [7, 11) is 0. The van der Waals surface area contributed by atoms with E-state index in [1.165, 1.54) is 6.07 Å². The summed E-state index contributed by atoms with van der Waals surface area (Å²) < 4.78 is 10.6. The standard InChI is InChI=1S/C16H18N2O4.ClH/c17-12-5-7-18(8-6-12)15(19)10-21-13-3-1-11-2-4-16(20)22-14(11)9-13;/h1-4,9,12H,5-8,10,17H2;1H. The highest BCUT2D eigenvalue weighted by Gasteiger charge is 2.20. The number of benzene rings is 1. The SMILES string of the molecule is Cl.NC1CCN(C(=O)COc2ccc3ccc(=O)oc3c2)CC1. The lowest BCUT2D eigenvalue weighted by atomic mass is 10.1. The Kier molecular flexibility index (Phi) is 5.63. The molecule has 1 fully saturated rings. The molecule has 124 valence electrons. The molecule has 1 aliphatic heterocycles. The van der Waals surface area contributed by atoms with Crippen LogP contribution in [0.1, 0.15) is 12.8 Å². The van der Waals surface area contributed by atoms with Crippen molar-refractivity contribution in [2.75, 3.05) is 19.7 Å². The number of halogens is 1. The first kappa shape index (κ1) is 17.3. The number of piperidine rings is 1. The third-order valence-electron chi connectivity index (χ3n) is 3.85. The van der Waals surface area contributed by atoms with Crippen molar-refractivity contribution in [3.8, 4) is 5.75 Å². The fourth-order valence-corrected chi connectivity index (χ4v) is 2.52. The minimum absolute atomic E-state index is 0. The quantitative estimate of drug-likeness (QED) is 0.858. The number of nitrogens with zero attached hydrogens (tertiary/aromatic N) is 1. The summed E-state index contributed by atoms with van der Waals surface area (Å²) in [6.45, 7) is 1.32. The summed E-state index contributed by atoms with van der Waals surface area (Å²) in [6, 6.07) is 8.41. The van der Waals surface area contributed by atoms with Crippen molar-refractivity contribution in [3.05, 3.63) is 40.8 Å². The number of fused-ring (bicyclic) bond motifs is 1. The smallest absolute Gasteiger partial charge is 0.336 e. The molecule has 0 unspecified atom stereocenters. The van der Waals surface area contributed by atoms with Crippen LogP contribution < -0.4 is 16.1 Å². The Balaban J connectivity index is 0.00000192. The first-order chi connectivity index (χ1) is 10.6. The highest BCUT2D eigenvalue weighted by Crippen LogP contribution is 2.19. The van der Waals surface area contributed by atoms with Gasteiger partial charge in [-0.25, -0.2) is 4.79 Å². The summed E-state index contributed by atoms with van der Waals surface area (Å²) >= 11 is 0. The van der Waals surface area contributed by atoms with Crippen molar-refractivity contribution in [2.45, 2.75) is 18.9 Å². The molecular formula is C16H19ClN2O4. The van der Waals surface area contributed by atoms with Gasteiger partial charge < -0.3 is 19.8 Å². The van der Waals surface area contributed by atoms with Gasteiger partial charge in [0.05, 0.1) is 0 Å². The Bertz CT molecular complexity index is 738. The fraction of sp³-hybridized carbons (Fsp3) is 0.375. The maximum absolute atomic E-state index is 12.1. The van der Waals surface area contributed by atoms with Crippen LogP contribution in [0.4, 0.5) is 0 Å². The number of carbonyl (C=O) groups excluding carboxylic acids is 1. The topological polar surface area (TPSA) is 85.8 Å². The molecule has 1 aromatic heterocycles. The van der Waals surface area contributed by atoms with Crippen LogP contribution in [0.15, 0.2) is 39.5 Å². The molecule has 1 saturated heterocycles. The van der Waals surface area contributed by atoms with E-state index in [-0.39, 0.29) is 31.0 Å². The molecule has 1 aliphatic rings. The van der Waals surface area contributed by atoms with Crippen molar-refractivity contribution >= 4 is 29.3 Å². The number of ether oxygens (including phenoxy) is 1. The molecule has 6 nitrogen and oxygen atoms in total. The van der Waals surface area contributed by atoms with Crippen LogP contribution in [-0.4, -0.2) is 36.5 Å². The van der Waals surface area contributed by atoms with E-state index >= 15 is 0 Å². The minimum atomic E-state index is -0.412. The lowest BCUT2D eigenvalue weighted by Gasteiger charge is -2.30. The monoisotopic (exact) mass is 338 g/mol. The Labute approximate surface area is 139 Å². The Morgan fingerprint density at radius 1 is 1.26 bits per heavy atom. The zero-order valence-electron chi connectivity index (χ0n) is 12.6. The molecule has 0 spiro atoms. The highest BCUT2D eigenvalue weighted by molar-refractivity contribution is 5.85. The molecule has 1 aromatic carbocycles. The molecule has 0 saturated carbocycles. The zero-order valence-corrected chi connectivity index (χ0v) is 13.4. The summed E-state index contributed by atoms with van der Waals surface area (Å²) in [4.78, 5) is 25.1. The lowest BCUT2D eigenvalue weighted by molar-refractivity contribution is -0.134. The number of nitrogens with two attached hydrogens (primary N) is 1. The molecule has 0 atom stereocenters. The first-order valence-electron chi connectivity index (χ1n) is 7.32. The van der Waals surface area contributed by atoms with Gasteiger partial charge in [0.1, 0.15) is 11.3 Å². The molecule has 2 aromatic rings. The molecule has 2 heterocycles. The molecule has 2 N–H and O–H groups in total. The van der Waals surface area contributed by atoms with Crippen LogP contribution in [0.2, 0.25) is 0 Å². The van der Waals surface area contributed by atoms with Crippen molar-refractivity contribution < 1.29 is 13.9 Å². The number of carbonyl (C=O) groups is 1. The van der Waals surface area contributed by atoms with Crippen LogP contribution in [0.5, 0.6) is 5.75 Å². The van der Waals surface area contributed by atoms with E-state index in [1.54, 1.807) is 29.2 Å². The Morgan fingerprint density at radius 3 is 2.70 bits per heavy atom. The van der Waals surface area contributed by atoms with Gasteiger partial charge in [0.15, 0.2) is 6.61 Å². The lowest BCUT2D eigenvalue weighted by Crippen LogP contribution is -2.44. The molecule has 3 rings (SSSR count). The van der Waals surface area contributed by atoms with E-state index in [0.29, 0.717) is 24.4 Å². The third kappa shape index (κ3) is 4.24. The van der Waals surface area contributed by atoms with Crippen LogP contribution in [0.25, 0.3) is 11.0 Å². The number of rotatable bonds is 3. The second-order valence-electron chi connectivity index (χ2n) is 5.46. The number of likely N-dealkylation sites (tertiary alicyclic amines) is 1. The largest absolute Gasteiger partial charge is 0.484 e. The maximum atomic E-state index is 12.1. The predicted molar refractivity (Wildman–Crippen MR) is 89.0 cm³/mol. The highest BCUT2D eigenvalue weighted by atomic mass is 35.5. The third-order valence-corrected chi connectivity index (χ3v) is 3.85. The van der Waals surface area contributed by atoms with Crippen LogP contribution in [0.3, 0.4) is 0 Å². The molecule has 0 aliphatic carbocycles. The van der Waals surface area contributed by atoms with Gasteiger partial charge in [0.25, 0.3) is 5.91 Å². The normalized spacial score (nSPS) is 15.3. The molecule has 7 heteroatoms. The van der Waals surface area contributed by atoms with Crippen LogP contribution in [0, 0.1) is 0 Å². The van der Waals surface area contributed by atoms with E-state index in [9.17, 15) is 9.59 Å². The van der Waals surface area contributed by atoms with Gasteiger partial charge >= 0.3 is 5.63 Å². The van der Waals surface area contributed by atoms with E-state index in [0.717, 1.165) is 18.2 Å². The van der Waals surface area contributed by atoms with Crippen molar-refractivity contribution in [1.29, 1.82) is 0 Å². The molecule has 23 heavy (non-hydrogen) atoms. The van der Waals surface area contributed by atoms with Gasteiger partial charge in [-0.15, -0.1) is 12.4 Å². The van der Waals surface area contributed by atoms with Crippen molar-refractivity contribution in [3.63, 3.8) is 0 Å². The summed E-state index contributed by atoms with van der Waals surface area (Å²) in [5.41, 5.74) is 5.86. The average molecular weight is 339 g/mol. The Hall–Kier alpha value is -2.05. The zero-order chi connectivity index (χ0) is 15.5. The van der Waals surface area contributed by atoms with Gasteiger partial charge in [0.2, 0.25) is 0 Å². The molecule has 1 amide bonds. The second-order valence-corrected chi connectivity index (χ2v) is 5.46. The van der Waals surface area contributed by atoms with Crippen LogP contribution in [-0.2, 0) is 4.79 Å². The van der Waals surface area contributed by atoms with E-state index < -0.39 is 5.63 Å². The Morgan fingerprint density at radius 2 is 1.96 bits per heavy atom. The predicted octanol–water partition coefficient (Wildman–Crippen LogP) is 1.54. The van der Waals surface area contributed by atoms with E-state index in [4.69, 9.17) is 14.9 Å². The van der Waals surface area contributed by atoms with Crippen LogP contribution >= 0.6 is 12.4 Å². The number of hydrogen-bond donors (Lipinski definition) is 1. The maximum Gasteiger partial charge on any atom is 0.336 e. The summed E-state index contributed by atoms with van der Waals surface area (Å²) in [5, 5.41) is 0.809. The second kappa shape index (κ2) is 7.48. The fourth-order valence-electron chi connectivity index (χ4n) is 2.52. The van der Waals surface area contributed by atoms with Crippen molar-refractivity contribution in [2.24, 2.45) is 5.73 Å². The average Bonchev–Trinajstić information content (AvgIpc) is 2.53. The molecular weight excluding hydrogens is 320 g/mol. The van der Waals surface area contributed by atoms with Crippen molar-refractivity contribution in [1.82, 2.24) is 4.90 Å². The first-order valence-corrected chi connectivity index (χ1v) is 7.32.